The van der Waals surface area contributed by atoms with Crippen LogP contribution in [-0.2, 0) is 11.2 Å². The van der Waals surface area contributed by atoms with Crippen LogP contribution in [0.1, 0.15) is 27.9 Å². The topological polar surface area (TPSA) is 42.0 Å². The van der Waals surface area contributed by atoms with Crippen LogP contribution in [0.25, 0.3) is 11.3 Å². The van der Waals surface area contributed by atoms with Crippen molar-refractivity contribution < 1.29 is 9.18 Å². The minimum absolute atomic E-state index is 0.00582. The van der Waals surface area contributed by atoms with E-state index in [2.05, 4.69) is 22.4 Å². The molecule has 3 nitrogen and oxygen atoms in total. The van der Waals surface area contributed by atoms with Crippen LogP contribution in [0.15, 0.2) is 53.4 Å². The van der Waals surface area contributed by atoms with Crippen LogP contribution >= 0.6 is 23.1 Å². The molecular weight excluding hydrogens is 379 g/mol. The Morgan fingerprint density at radius 3 is 2.81 bits per heavy atom. The van der Waals surface area contributed by atoms with Gasteiger partial charge >= 0.3 is 0 Å². The van der Waals surface area contributed by atoms with Crippen molar-refractivity contribution in [2.24, 2.45) is 0 Å². The number of carbonyl (C=O) groups is 1. The van der Waals surface area contributed by atoms with Gasteiger partial charge in [0.05, 0.1) is 23.2 Å². The molecule has 0 saturated carbocycles. The average Bonchev–Trinajstić information content (AvgIpc) is 3.02. The number of carbonyl (C=O) groups excluding carboxylic acids is 1. The Labute approximate surface area is 166 Å². The van der Waals surface area contributed by atoms with Gasteiger partial charge in [-0.05, 0) is 49.2 Å². The van der Waals surface area contributed by atoms with Crippen molar-refractivity contribution in [3.8, 4) is 11.3 Å². The summed E-state index contributed by atoms with van der Waals surface area (Å²) in [6.45, 7) is 1.92. The summed E-state index contributed by atoms with van der Waals surface area (Å²) in [5.41, 5.74) is 2.80. The molecule has 0 saturated heterocycles. The van der Waals surface area contributed by atoms with Gasteiger partial charge in [-0.2, -0.15) is 0 Å². The number of halogens is 1. The molecule has 0 fully saturated rings. The van der Waals surface area contributed by atoms with Gasteiger partial charge in [-0.1, -0.05) is 18.2 Å². The van der Waals surface area contributed by atoms with Crippen molar-refractivity contribution in [2.75, 3.05) is 5.75 Å². The first-order chi connectivity index (χ1) is 13.1. The van der Waals surface area contributed by atoms with Gasteiger partial charge in [-0.15, -0.1) is 23.1 Å². The normalized spacial score (nSPS) is 16.0. The molecule has 2 aromatic carbocycles. The quantitative estimate of drug-likeness (QED) is 0.661. The standard InChI is InChI=1S/C21H19FN2OS2/c1-13-23-21(14-6-8-15(22)9-7-14)19(27-13)12-20(25)24-17-10-11-26-18-5-3-2-4-16(17)18/h2-9,17H,10-12H2,1H3,(H,24,25)/t17-/m0/s1. The number of thioether (sulfide) groups is 1. The van der Waals surface area contributed by atoms with Gasteiger partial charge in [-0.3, -0.25) is 4.79 Å². The van der Waals surface area contributed by atoms with Crippen LogP contribution in [0.2, 0.25) is 0 Å². The number of amides is 1. The maximum absolute atomic E-state index is 13.2. The second kappa shape index (κ2) is 7.82. The Morgan fingerprint density at radius 2 is 2.00 bits per heavy atom. The molecule has 1 aliphatic rings. The van der Waals surface area contributed by atoms with E-state index in [0.29, 0.717) is 0 Å². The van der Waals surface area contributed by atoms with Crippen LogP contribution in [0, 0.1) is 12.7 Å². The molecule has 0 radical (unpaired) electrons. The molecular formula is C21H19FN2OS2. The predicted molar refractivity (Wildman–Crippen MR) is 109 cm³/mol. The Morgan fingerprint density at radius 1 is 1.22 bits per heavy atom. The summed E-state index contributed by atoms with van der Waals surface area (Å²) < 4.78 is 13.2. The lowest BCUT2D eigenvalue weighted by atomic mass is 10.0. The zero-order chi connectivity index (χ0) is 18.8. The molecule has 0 spiro atoms. The van der Waals surface area contributed by atoms with Gasteiger partial charge < -0.3 is 5.32 Å². The average molecular weight is 399 g/mol. The van der Waals surface area contributed by atoms with Gasteiger partial charge in [0.1, 0.15) is 5.82 Å². The maximum Gasteiger partial charge on any atom is 0.225 e. The summed E-state index contributed by atoms with van der Waals surface area (Å²) in [5.74, 6) is 0.718. The molecule has 138 valence electrons. The highest BCUT2D eigenvalue weighted by molar-refractivity contribution is 7.99. The van der Waals surface area contributed by atoms with E-state index in [1.807, 2.05) is 30.8 Å². The first-order valence-corrected chi connectivity index (χ1v) is 10.6. The van der Waals surface area contributed by atoms with E-state index >= 15 is 0 Å². The van der Waals surface area contributed by atoms with Crippen molar-refractivity contribution in [1.82, 2.24) is 10.3 Å². The van der Waals surface area contributed by atoms with Gasteiger partial charge in [0.25, 0.3) is 0 Å². The fourth-order valence-corrected chi connectivity index (χ4v) is 5.39. The second-order valence-corrected chi connectivity index (χ2v) is 8.91. The second-order valence-electron chi connectivity index (χ2n) is 6.48. The summed E-state index contributed by atoms with van der Waals surface area (Å²) in [6.07, 6.45) is 1.21. The third-order valence-electron chi connectivity index (χ3n) is 4.54. The van der Waals surface area contributed by atoms with E-state index in [-0.39, 0.29) is 24.2 Å². The molecule has 4 rings (SSSR count). The summed E-state index contributed by atoms with van der Waals surface area (Å²) in [4.78, 5) is 19.5. The van der Waals surface area contributed by atoms with Crippen LogP contribution in [0.5, 0.6) is 0 Å². The number of aromatic nitrogens is 1. The minimum Gasteiger partial charge on any atom is -0.349 e. The van der Waals surface area contributed by atoms with Crippen molar-refractivity contribution in [3.05, 3.63) is 69.8 Å². The molecule has 1 aromatic heterocycles. The van der Waals surface area contributed by atoms with Gasteiger partial charge in [0, 0.05) is 21.1 Å². The fraction of sp³-hybridized carbons (Fsp3) is 0.238. The van der Waals surface area contributed by atoms with E-state index in [1.54, 1.807) is 12.1 Å². The van der Waals surface area contributed by atoms with E-state index in [1.165, 1.54) is 33.9 Å². The number of nitrogens with one attached hydrogen (secondary N) is 1. The number of benzene rings is 2. The van der Waals surface area contributed by atoms with Gasteiger partial charge in [-0.25, -0.2) is 9.37 Å². The third kappa shape index (κ3) is 4.06. The minimum atomic E-state index is -0.279. The van der Waals surface area contributed by atoms with Gasteiger partial charge in [0.15, 0.2) is 0 Å². The number of rotatable bonds is 4. The SMILES string of the molecule is Cc1nc(-c2ccc(F)cc2)c(CC(=O)N[C@H]2CCSc3ccccc32)s1. The van der Waals surface area contributed by atoms with Crippen molar-refractivity contribution in [3.63, 3.8) is 0 Å². The van der Waals surface area contributed by atoms with Crippen LogP contribution in [0.4, 0.5) is 4.39 Å². The smallest absolute Gasteiger partial charge is 0.225 e. The van der Waals surface area contributed by atoms with Crippen molar-refractivity contribution >= 4 is 29.0 Å². The van der Waals surface area contributed by atoms with E-state index in [9.17, 15) is 9.18 Å². The Hall–Kier alpha value is -2.18. The zero-order valence-corrected chi connectivity index (χ0v) is 16.5. The monoisotopic (exact) mass is 398 g/mol. The van der Waals surface area contributed by atoms with Crippen molar-refractivity contribution in [2.45, 2.75) is 30.7 Å². The molecule has 27 heavy (non-hydrogen) atoms. The predicted octanol–water partition coefficient (Wildman–Crippen LogP) is 5.15. The first-order valence-electron chi connectivity index (χ1n) is 8.83. The van der Waals surface area contributed by atoms with Gasteiger partial charge in [0.2, 0.25) is 5.91 Å². The molecule has 1 amide bonds. The maximum atomic E-state index is 13.2. The Balaban J connectivity index is 1.52. The third-order valence-corrected chi connectivity index (χ3v) is 6.63. The molecule has 0 bridgehead atoms. The van der Waals surface area contributed by atoms with E-state index in [4.69, 9.17) is 0 Å². The number of hydrogen-bond acceptors (Lipinski definition) is 4. The summed E-state index contributed by atoms with van der Waals surface area (Å²) in [7, 11) is 0. The highest BCUT2D eigenvalue weighted by Crippen LogP contribution is 2.36. The molecule has 0 aliphatic carbocycles. The highest BCUT2D eigenvalue weighted by atomic mass is 32.2. The molecule has 1 aliphatic heterocycles. The summed E-state index contributed by atoms with van der Waals surface area (Å²) in [5, 5.41) is 4.09. The van der Waals surface area contributed by atoms with E-state index in [0.717, 1.165) is 33.3 Å². The number of fused-ring (bicyclic) bond motifs is 1. The molecule has 6 heteroatoms. The summed E-state index contributed by atoms with van der Waals surface area (Å²) in [6, 6.07) is 14.6. The zero-order valence-electron chi connectivity index (χ0n) is 14.9. The number of aryl methyl sites for hydroxylation is 1. The van der Waals surface area contributed by atoms with Crippen LogP contribution in [0.3, 0.4) is 0 Å². The van der Waals surface area contributed by atoms with Crippen molar-refractivity contribution in [1.29, 1.82) is 0 Å². The van der Waals surface area contributed by atoms with Crippen LogP contribution < -0.4 is 5.32 Å². The lowest BCUT2D eigenvalue weighted by Crippen LogP contribution is -2.31. The number of thiazole rings is 1. The molecule has 3 aromatic rings. The fourth-order valence-electron chi connectivity index (χ4n) is 3.31. The number of nitrogens with zero attached hydrogens (tertiary/aromatic N) is 1. The Bertz CT molecular complexity index is 969. The number of hydrogen-bond donors (Lipinski definition) is 1. The Kier molecular flexibility index (Phi) is 5.27. The highest BCUT2D eigenvalue weighted by Gasteiger charge is 2.23. The molecule has 2 heterocycles. The summed E-state index contributed by atoms with van der Waals surface area (Å²) >= 11 is 3.36. The lowest BCUT2D eigenvalue weighted by molar-refractivity contribution is -0.121. The van der Waals surface area contributed by atoms with E-state index < -0.39 is 0 Å². The largest absolute Gasteiger partial charge is 0.349 e. The molecule has 1 N–H and O–H groups in total. The lowest BCUT2D eigenvalue weighted by Gasteiger charge is -2.25. The first kappa shape index (κ1) is 18.2. The van der Waals surface area contributed by atoms with Crippen LogP contribution in [-0.4, -0.2) is 16.6 Å². The molecule has 1 atom stereocenters. The molecule has 0 unspecified atom stereocenters.